The Morgan fingerprint density at radius 3 is 2.40 bits per heavy atom. The molecular weight excluding hydrogens is 217 g/mol. The van der Waals surface area contributed by atoms with Gasteiger partial charge >= 0.3 is 0 Å². The van der Waals surface area contributed by atoms with E-state index in [1.165, 1.54) is 0 Å². The van der Waals surface area contributed by atoms with Crippen molar-refractivity contribution in [2.45, 2.75) is 19.4 Å². The van der Waals surface area contributed by atoms with Crippen molar-refractivity contribution in [3.63, 3.8) is 0 Å². The van der Waals surface area contributed by atoms with Crippen LogP contribution in [0.3, 0.4) is 0 Å². The Labute approximate surface area is 96.0 Å². The summed E-state index contributed by atoms with van der Waals surface area (Å²) in [6.07, 6.45) is 0.369. The Bertz CT molecular complexity index is 266. The van der Waals surface area contributed by atoms with E-state index in [4.69, 9.17) is 10.5 Å². The molecule has 0 aromatic heterocycles. The summed E-state index contributed by atoms with van der Waals surface area (Å²) in [4.78, 5) is 0. The number of benzene rings is 1. The summed E-state index contributed by atoms with van der Waals surface area (Å²) in [5, 5.41) is 0. The van der Waals surface area contributed by atoms with Crippen LogP contribution in [0.4, 0.5) is 4.39 Å². The second-order valence-electron chi connectivity index (χ2n) is 3.09. The molecule has 0 bridgehead atoms. The zero-order valence-electron chi connectivity index (χ0n) is 8.78. The van der Waals surface area contributed by atoms with Gasteiger partial charge in [-0.25, -0.2) is 0 Å². The fourth-order valence-corrected chi connectivity index (χ4v) is 1.26. The van der Waals surface area contributed by atoms with Gasteiger partial charge in [0.15, 0.2) is 0 Å². The molecular formula is C11H17ClFNO. The summed E-state index contributed by atoms with van der Waals surface area (Å²) < 4.78 is 17.3. The van der Waals surface area contributed by atoms with Crippen LogP contribution >= 0.6 is 12.4 Å². The van der Waals surface area contributed by atoms with Crippen LogP contribution in [0.15, 0.2) is 24.3 Å². The Morgan fingerprint density at radius 1 is 1.33 bits per heavy atom. The molecule has 0 aliphatic rings. The van der Waals surface area contributed by atoms with E-state index in [0.717, 1.165) is 11.3 Å². The zero-order valence-corrected chi connectivity index (χ0v) is 9.60. The first-order valence-corrected chi connectivity index (χ1v) is 4.82. The Kier molecular flexibility index (Phi) is 7.09. The molecule has 2 nitrogen and oxygen atoms in total. The van der Waals surface area contributed by atoms with E-state index in [1.54, 1.807) is 0 Å². The van der Waals surface area contributed by atoms with Crippen LogP contribution in [-0.4, -0.2) is 13.3 Å². The second-order valence-corrected chi connectivity index (χ2v) is 3.09. The quantitative estimate of drug-likeness (QED) is 0.849. The summed E-state index contributed by atoms with van der Waals surface area (Å²) in [5.41, 5.74) is 6.70. The largest absolute Gasteiger partial charge is 0.494 e. The highest BCUT2D eigenvalue weighted by atomic mass is 35.5. The monoisotopic (exact) mass is 233 g/mol. The van der Waals surface area contributed by atoms with Gasteiger partial charge in [-0.3, -0.25) is 4.39 Å². The van der Waals surface area contributed by atoms with E-state index in [-0.39, 0.29) is 25.1 Å². The third kappa shape index (κ3) is 4.49. The third-order valence-corrected chi connectivity index (χ3v) is 2.04. The molecule has 4 heteroatoms. The van der Waals surface area contributed by atoms with Gasteiger partial charge in [-0.15, -0.1) is 12.4 Å². The summed E-state index contributed by atoms with van der Waals surface area (Å²) in [6.45, 7) is 2.20. The number of rotatable bonds is 5. The van der Waals surface area contributed by atoms with Crippen LogP contribution in [0.2, 0.25) is 0 Å². The molecule has 0 unspecified atom stereocenters. The molecule has 0 heterocycles. The first-order valence-electron chi connectivity index (χ1n) is 4.82. The van der Waals surface area contributed by atoms with Gasteiger partial charge in [0.1, 0.15) is 5.75 Å². The van der Waals surface area contributed by atoms with Gasteiger partial charge in [-0.2, -0.15) is 0 Å². The van der Waals surface area contributed by atoms with Crippen LogP contribution in [0.25, 0.3) is 0 Å². The van der Waals surface area contributed by atoms with Crippen molar-refractivity contribution in [3.8, 4) is 5.75 Å². The maximum Gasteiger partial charge on any atom is 0.119 e. The highest BCUT2D eigenvalue weighted by molar-refractivity contribution is 5.85. The molecule has 0 spiro atoms. The lowest BCUT2D eigenvalue weighted by atomic mass is 10.1. The predicted molar refractivity (Wildman–Crippen MR) is 62.4 cm³/mol. The van der Waals surface area contributed by atoms with Crippen LogP contribution in [0.5, 0.6) is 5.75 Å². The van der Waals surface area contributed by atoms with Gasteiger partial charge in [0.2, 0.25) is 0 Å². The van der Waals surface area contributed by atoms with Crippen molar-refractivity contribution < 1.29 is 9.13 Å². The molecule has 1 aromatic carbocycles. The van der Waals surface area contributed by atoms with Gasteiger partial charge in [0.25, 0.3) is 0 Å². The van der Waals surface area contributed by atoms with Crippen LogP contribution < -0.4 is 10.5 Å². The van der Waals surface area contributed by atoms with Gasteiger partial charge < -0.3 is 10.5 Å². The van der Waals surface area contributed by atoms with E-state index >= 15 is 0 Å². The van der Waals surface area contributed by atoms with E-state index in [1.807, 2.05) is 31.2 Å². The highest BCUT2D eigenvalue weighted by Gasteiger charge is 2.04. The minimum absolute atomic E-state index is 0. The minimum atomic E-state index is -0.381. The number of nitrogens with two attached hydrogens (primary N) is 1. The van der Waals surface area contributed by atoms with Crippen molar-refractivity contribution in [2.75, 3.05) is 13.3 Å². The van der Waals surface area contributed by atoms with Crippen molar-refractivity contribution in [3.05, 3.63) is 29.8 Å². The summed E-state index contributed by atoms with van der Waals surface area (Å²) in [6, 6.07) is 7.26. The number of ether oxygens (including phenoxy) is 1. The van der Waals surface area contributed by atoms with E-state index in [0.29, 0.717) is 13.0 Å². The standard InChI is InChI=1S/C11H16FNO.ClH/c1-2-14-10-5-3-9(4-6-10)11(13)7-8-12;/h3-6,11H,2,7-8,13H2,1H3;1H/t11-;/m0./s1. The molecule has 0 aliphatic heterocycles. The maximum atomic E-state index is 12.0. The van der Waals surface area contributed by atoms with E-state index in [9.17, 15) is 4.39 Å². The van der Waals surface area contributed by atoms with Crippen molar-refractivity contribution >= 4 is 12.4 Å². The molecule has 0 saturated heterocycles. The van der Waals surface area contributed by atoms with Gasteiger partial charge in [0, 0.05) is 6.04 Å². The molecule has 0 aliphatic carbocycles. The van der Waals surface area contributed by atoms with Crippen LogP contribution in [-0.2, 0) is 0 Å². The van der Waals surface area contributed by atoms with Crippen molar-refractivity contribution in [1.82, 2.24) is 0 Å². The number of hydrogen-bond acceptors (Lipinski definition) is 2. The first-order chi connectivity index (χ1) is 6.77. The summed E-state index contributed by atoms with van der Waals surface area (Å²) in [5.74, 6) is 0.823. The molecule has 0 radical (unpaired) electrons. The van der Waals surface area contributed by atoms with Gasteiger partial charge in [0.05, 0.1) is 13.3 Å². The van der Waals surface area contributed by atoms with E-state index in [2.05, 4.69) is 0 Å². The molecule has 1 aromatic rings. The molecule has 1 rings (SSSR count). The average molecular weight is 234 g/mol. The highest BCUT2D eigenvalue weighted by Crippen LogP contribution is 2.18. The molecule has 86 valence electrons. The van der Waals surface area contributed by atoms with Gasteiger partial charge in [-0.05, 0) is 31.0 Å². The predicted octanol–water partition coefficient (Wildman–Crippen LogP) is 2.87. The Hall–Kier alpha value is -0.800. The minimum Gasteiger partial charge on any atom is -0.494 e. The van der Waals surface area contributed by atoms with Gasteiger partial charge in [-0.1, -0.05) is 12.1 Å². The first kappa shape index (κ1) is 14.2. The smallest absolute Gasteiger partial charge is 0.119 e. The Morgan fingerprint density at radius 2 is 1.93 bits per heavy atom. The Balaban J connectivity index is 0.00000196. The maximum absolute atomic E-state index is 12.0. The molecule has 0 amide bonds. The number of halogens is 2. The average Bonchev–Trinajstić information content (AvgIpc) is 2.20. The van der Waals surface area contributed by atoms with Crippen LogP contribution in [0.1, 0.15) is 24.9 Å². The molecule has 15 heavy (non-hydrogen) atoms. The number of hydrogen-bond donors (Lipinski definition) is 1. The van der Waals surface area contributed by atoms with Crippen molar-refractivity contribution in [2.24, 2.45) is 5.73 Å². The number of alkyl halides is 1. The lowest BCUT2D eigenvalue weighted by Gasteiger charge is -2.10. The topological polar surface area (TPSA) is 35.2 Å². The SMILES string of the molecule is CCOc1ccc([C@@H](N)CCF)cc1.Cl. The van der Waals surface area contributed by atoms with E-state index < -0.39 is 0 Å². The fourth-order valence-electron chi connectivity index (χ4n) is 1.26. The lowest BCUT2D eigenvalue weighted by Crippen LogP contribution is -2.10. The molecule has 1 atom stereocenters. The molecule has 2 N–H and O–H groups in total. The summed E-state index contributed by atoms with van der Waals surface area (Å²) >= 11 is 0. The zero-order chi connectivity index (χ0) is 10.4. The normalized spacial score (nSPS) is 11.7. The second kappa shape index (κ2) is 7.49. The third-order valence-electron chi connectivity index (χ3n) is 2.04. The summed E-state index contributed by atoms with van der Waals surface area (Å²) in [7, 11) is 0. The molecule has 0 fully saturated rings. The lowest BCUT2D eigenvalue weighted by molar-refractivity contribution is 0.340. The van der Waals surface area contributed by atoms with Crippen molar-refractivity contribution in [1.29, 1.82) is 0 Å². The fraction of sp³-hybridized carbons (Fsp3) is 0.455. The van der Waals surface area contributed by atoms with Crippen LogP contribution in [0, 0.1) is 0 Å². The molecule has 0 saturated carbocycles.